The Morgan fingerprint density at radius 2 is 0.688 bits per heavy atom. The molecule has 374 valence electrons. The zero-order valence-electron chi connectivity index (χ0n) is 41.9. The predicted octanol–water partition coefficient (Wildman–Crippen LogP) is 16.6. The Balaban J connectivity index is 1.11. The van der Waals surface area contributed by atoms with E-state index >= 15 is 13.2 Å². The molecule has 0 spiro atoms. The Morgan fingerprint density at radius 3 is 1.12 bits per heavy atom. The van der Waals surface area contributed by atoms with Gasteiger partial charge in [0.1, 0.15) is 0 Å². The van der Waals surface area contributed by atoms with Crippen molar-refractivity contribution in [3.05, 3.63) is 246 Å². The lowest BCUT2D eigenvalue weighted by Crippen LogP contribution is -2.08. The average molecular weight is 1040 g/mol. The highest BCUT2D eigenvalue weighted by Gasteiger charge is 2.33. The van der Waals surface area contributed by atoms with Crippen molar-refractivity contribution < 1.29 is 13.2 Å². The Labute approximate surface area is 455 Å². The summed E-state index contributed by atoms with van der Waals surface area (Å²) in [4.78, 5) is 15.1. The predicted molar refractivity (Wildman–Crippen MR) is 305 cm³/mol. The van der Waals surface area contributed by atoms with Crippen LogP contribution in [0.3, 0.4) is 0 Å². The summed E-state index contributed by atoms with van der Waals surface area (Å²) >= 11 is 0. The van der Waals surface area contributed by atoms with Gasteiger partial charge in [0.25, 0.3) is 0 Å². The van der Waals surface area contributed by atoms with Gasteiger partial charge in [0, 0.05) is 49.4 Å². The van der Waals surface area contributed by atoms with Crippen LogP contribution in [0.4, 0.5) is 13.2 Å². The molecule has 0 amide bonds. The summed E-state index contributed by atoms with van der Waals surface area (Å²) < 4.78 is 49.8. The molecule has 0 atom stereocenters. The summed E-state index contributed by atoms with van der Waals surface area (Å²) in [5.74, 6) is 1.27. The summed E-state index contributed by atoms with van der Waals surface area (Å²) in [6, 6.07) is 74.7. The Morgan fingerprint density at radius 1 is 0.312 bits per heavy atom. The molecule has 0 aliphatic carbocycles. The molecule has 0 bridgehead atoms. The second-order valence-corrected chi connectivity index (χ2v) is 19.2. The van der Waals surface area contributed by atoms with Crippen molar-refractivity contribution in [3.63, 3.8) is 0 Å². The lowest BCUT2D eigenvalue weighted by atomic mass is 9.96. The largest absolute Gasteiger partial charge is 0.416 e. The van der Waals surface area contributed by atoms with E-state index in [1.54, 1.807) is 30.3 Å². The smallest absolute Gasteiger partial charge is 0.309 e. The number of fused-ring (bicyclic) bond motifs is 6. The van der Waals surface area contributed by atoms with Crippen LogP contribution in [0, 0.1) is 45.3 Å². The van der Waals surface area contributed by atoms with Crippen molar-refractivity contribution in [1.82, 2.24) is 24.1 Å². The molecule has 0 fully saturated rings. The van der Waals surface area contributed by atoms with Gasteiger partial charge in [0.05, 0.1) is 85.5 Å². The van der Waals surface area contributed by atoms with Crippen molar-refractivity contribution in [2.24, 2.45) is 0 Å². The van der Waals surface area contributed by atoms with Gasteiger partial charge in [0.15, 0.2) is 17.5 Å². The highest BCUT2D eigenvalue weighted by atomic mass is 19.4. The maximum absolute atomic E-state index is 15.3. The van der Waals surface area contributed by atoms with Crippen molar-refractivity contribution in [2.45, 2.75) is 6.18 Å². The number of para-hydroxylation sites is 2. The molecule has 0 unspecified atom stereocenters. The molecule has 9 nitrogen and oxygen atoms in total. The molecular formula is C68H36F3N9. The number of nitrogens with zero attached hydrogens (tertiary/aromatic N) is 9. The van der Waals surface area contributed by atoms with Crippen LogP contribution in [0.25, 0.3) is 123 Å². The Bertz CT molecular complexity index is 4750. The Hall–Kier alpha value is -11.4. The van der Waals surface area contributed by atoms with Crippen LogP contribution in [0.1, 0.15) is 27.8 Å². The minimum absolute atomic E-state index is 0.262. The minimum atomic E-state index is -4.72. The van der Waals surface area contributed by atoms with Crippen molar-refractivity contribution >= 4 is 43.6 Å². The van der Waals surface area contributed by atoms with Crippen LogP contribution < -0.4 is 0 Å². The zero-order chi connectivity index (χ0) is 54.6. The van der Waals surface area contributed by atoms with Crippen molar-refractivity contribution in [1.29, 1.82) is 21.0 Å². The fraction of sp³-hybridized carbons (Fsp3) is 0.0147. The summed E-state index contributed by atoms with van der Waals surface area (Å²) in [6.07, 6.45) is -4.72. The molecular weight excluding hydrogens is 1000 g/mol. The topological polar surface area (TPSA) is 144 Å². The normalized spacial score (nSPS) is 11.4. The van der Waals surface area contributed by atoms with Gasteiger partial charge in [-0.15, -0.1) is 0 Å². The average Bonchev–Trinajstić information content (AvgIpc) is 4.06. The van der Waals surface area contributed by atoms with E-state index in [9.17, 15) is 21.0 Å². The molecule has 12 heteroatoms. The number of rotatable bonds is 8. The standard InChI is InChI=1S/C68H36F3N9/c69-68(70,71)52-22-24-56(64(36-52)80-60-18-10-8-16-54(60)58-34-48(21-26-62(58)80)51-31-43(39-74)28-44(32-51)40-75)55-23-19-49(67-77-65(45-11-3-1-4-12-45)76-66(78-67)46-13-5-2-6-14-46)35-63(55)79-59-17-9-7-15-53(59)57-33-47(20-25-61(57)79)50-29-41(37-72)27-42(30-50)38-73/h1-36H. The van der Waals surface area contributed by atoms with Gasteiger partial charge in [-0.25, -0.2) is 15.0 Å². The first-order valence-electron chi connectivity index (χ1n) is 25.3. The highest BCUT2D eigenvalue weighted by Crippen LogP contribution is 2.45. The van der Waals surface area contributed by atoms with Crippen LogP contribution in [0.5, 0.6) is 0 Å². The lowest BCUT2D eigenvalue weighted by Gasteiger charge is -2.21. The van der Waals surface area contributed by atoms with Gasteiger partial charge in [-0.3, -0.25) is 0 Å². The number of hydrogen-bond donors (Lipinski definition) is 0. The van der Waals surface area contributed by atoms with Crippen LogP contribution >= 0.6 is 0 Å². The summed E-state index contributed by atoms with van der Waals surface area (Å²) in [7, 11) is 0. The summed E-state index contributed by atoms with van der Waals surface area (Å²) in [5, 5.41) is 42.8. The second kappa shape index (κ2) is 19.3. The molecule has 80 heavy (non-hydrogen) atoms. The maximum atomic E-state index is 15.3. The van der Waals surface area contributed by atoms with E-state index in [1.807, 2.05) is 168 Å². The molecule has 0 saturated carbocycles. The molecule has 0 saturated heterocycles. The monoisotopic (exact) mass is 1040 g/mol. The Kier molecular flexibility index (Phi) is 11.6. The van der Waals surface area contributed by atoms with E-state index in [0.717, 1.165) is 60.9 Å². The molecule has 0 radical (unpaired) electrons. The molecule has 0 aliphatic rings. The fourth-order valence-corrected chi connectivity index (χ4v) is 10.8. The van der Waals surface area contributed by atoms with Crippen molar-refractivity contribution in [3.8, 4) is 103 Å². The van der Waals surface area contributed by atoms with Crippen LogP contribution in [0.15, 0.2) is 218 Å². The molecule has 0 N–H and O–H groups in total. The van der Waals surface area contributed by atoms with E-state index in [-0.39, 0.29) is 5.69 Å². The van der Waals surface area contributed by atoms with Gasteiger partial charge in [0.2, 0.25) is 0 Å². The molecule has 3 aromatic heterocycles. The number of benzene rings is 10. The third-order valence-electron chi connectivity index (χ3n) is 14.4. The molecule has 0 aliphatic heterocycles. The van der Waals surface area contributed by atoms with Gasteiger partial charge in [-0.1, -0.05) is 127 Å². The quantitative estimate of drug-likeness (QED) is 0.147. The van der Waals surface area contributed by atoms with Crippen molar-refractivity contribution in [2.75, 3.05) is 0 Å². The van der Waals surface area contributed by atoms with Gasteiger partial charge in [-0.2, -0.15) is 34.2 Å². The summed E-state index contributed by atoms with van der Waals surface area (Å²) in [6.45, 7) is 0. The van der Waals surface area contributed by atoms with Gasteiger partial charge >= 0.3 is 6.18 Å². The third kappa shape index (κ3) is 8.40. The zero-order valence-corrected chi connectivity index (χ0v) is 41.9. The maximum Gasteiger partial charge on any atom is 0.416 e. The van der Waals surface area contributed by atoms with Crippen LogP contribution in [-0.4, -0.2) is 24.1 Å². The highest BCUT2D eigenvalue weighted by molar-refractivity contribution is 6.13. The molecule has 3 heterocycles. The number of nitriles is 4. The molecule has 13 aromatic rings. The van der Waals surface area contributed by atoms with E-state index < -0.39 is 11.7 Å². The first kappa shape index (κ1) is 48.2. The fourth-order valence-electron chi connectivity index (χ4n) is 10.8. The lowest BCUT2D eigenvalue weighted by molar-refractivity contribution is -0.137. The molecule has 13 rings (SSSR count). The SMILES string of the molecule is N#Cc1cc(C#N)cc(-c2ccc3c(c2)c2ccccc2n3-c2cc(-c3nc(-c4ccccc4)nc(-c4ccccc4)n3)ccc2-c2ccc(C(F)(F)F)cc2-n2c3ccccc3c3cc(-c4cc(C#N)cc(C#N)c4)ccc32)c1. The van der Waals surface area contributed by atoms with E-state index in [0.29, 0.717) is 84.3 Å². The number of hydrogen-bond acceptors (Lipinski definition) is 7. The number of halogens is 3. The van der Waals surface area contributed by atoms with E-state index in [2.05, 4.69) is 28.8 Å². The molecule has 10 aromatic carbocycles. The number of alkyl halides is 3. The van der Waals surface area contributed by atoms with E-state index in [1.165, 1.54) is 18.2 Å². The first-order valence-corrected chi connectivity index (χ1v) is 25.3. The van der Waals surface area contributed by atoms with Crippen LogP contribution in [-0.2, 0) is 6.18 Å². The van der Waals surface area contributed by atoms with Crippen LogP contribution in [0.2, 0.25) is 0 Å². The second-order valence-electron chi connectivity index (χ2n) is 19.2. The van der Waals surface area contributed by atoms with Gasteiger partial charge in [-0.05, 0) is 113 Å². The third-order valence-corrected chi connectivity index (χ3v) is 14.4. The summed E-state index contributed by atoms with van der Waals surface area (Å²) in [5.41, 5.74) is 10.3. The van der Waals surface area contributed by atoms with E-state index in [4.69, 9.17) is 15.0 Å². The van der Waals surface area contributed by atoms with Gasteiger partial charge < -0.3 is 9.13 Å². The minimum Gasteiger partial charge on any atom is -0.309 e. The first-order chi connectivity index (χ1) is 39.1. The number of aromatic nitrogens is 5.